The van der Waals surface area contributed by atoms with Crippen LogP contribution < -0.4 is 15.5 Å². The number of rotatable bonds is 11. The number of amides is 3. The summed E-state index contributed by atoms with van der Waals surface area (Å²) in [4.78, 5) is 55.9. The van der Waals surface area contributed by atoms with Crippen LogP contribution in [0.25, 0.3) is 0 Å². The number of benzene rings is 2. The van der Waals surface area contributed by atoms with Gasteiger partial charge in [0.2, 0.25) is 11.8 Å². The number of hydrogen-bond donors (Lipinski definition) is 4. The maximum Gasteiger partial charge on any atom is 0.264 e. The van der Waals surface area contributed by atoms with Crippen LogP contribution in [0.4, 0.5) is 11.4 Å². The van der Waals surface area contributed by atoms with Crippen LogP contribution in [-0.4, -0.2) is 79.2 Å². The Bertz CT molecular complexity index is 1390. The van der Waals surface area contributed by atoms with Crippen LogP contribution in [0.1, 0.15) is 37.3 Å². The van der Waals surface area contributed by atoms with Crippen LogP contribution in [0.3, 0.4) is 0 Å². The average Bonchev–Trinajstić information content (AvgIpc) is 3.68. The highest BCUT2D eigenvalue weighted by molar-refractivity contribution is 6.71. The van der Waals surface area contributed by atoms with Crippen molar-refractivity contribution in [2.75, 3.05) is 36.5 Å². The van der Waals surface area contributed by atoms with Crippen LogP contribution in [-0.2, 0) is 31.3 Å². The third kappa shape index (κ3) is 5.99. The number of aliphatic hydroxyl groups is 1. The van der Waals surface area contributed by atoms with E-state index in [0.29, 0.717) is 23.5 Å². The van der Waals surface area contributed by atoms with Crippen molar-refractivity contribution < 1.29 is 29.0 Å². The number of aliphatic hydroxyl groups excluding tert-OH is 1. The van der Waals surface area contributed by atoms with Gasteiger partial charge < -0.3 is 35.1 Å². The molecule has 2 aromatic carbocycles. The predicted molar refractivity (Wildman–Crippen MR) is 171 cm³/mol. The maximum atomic E-state index is 14.4. The van der Waals surface area contributed by atoms with Crippen molar-refractivity contribution in [2.24, 2.45) is 5.92 Å². The first-order valence-corrected chi connectivity index (χ1v) is 18.5. The van der Waals surface area contributed by atoms with E-state index in [4.69, 9.17) is 4.74 Å². The molecule has 0 aromatic heterocycles. The summed E-state index contributed by atoms with van der Waals surface area (Å²) in [6, 6.07) is 14.7. The normalized spacial score (nSPS) is 26.2. The van der Waals surface area contributed by atoms with Crippen molar-refractivity contribution in [3.8, 4) is 0 Å². The molecule has 3 amide bonds. The zero-order valence-electron chi connectivity index (χ0n) is 25.8. The number of carbonyl (C=O) groups excluding carboxylic acids is 3. The molecule has 0 bridgehead atoms. The fourth-order valence-corrected chi connectivity index (χ4v) is 9.88. The molecule has 4 N–H and O–H groups in total. The second kappa shape index (κ2) is 12.9. The Morgan fingerprint density at radius 2 is 2.00 bits per heavy atom. The number of anilines is 2. The Labute approximate surface area is 260 Å². The number of nitrogens with one attached hydrogen (secondary N) is 2. The van der Waals surface area contributed by atoms with E-state index >= 15 is 0 Å². The Kier molecular flexibility index (Phi) is 9.43. The second-order valence-corrected chi connectivity index (χ2v) is 16.6. The van der Waals surface area contributed by atoms with Gasteiger partial charge in [-0.25, -0.2) is 0 Å². The molecule has 44 heavy (non-hydrogen) atoms. The molecule has 3 heterocycles. The third-order valence-corrected chi connectivity index (χ3v) is 11.8. The lowest BCUT2D eigenvalue weighted by molar-refractivity contribution is -0.149. The van der Waals surface area contributed by atoms with Crippen molar-refractivity contribution in [2.45, 2.75) is 69.1 Å². The van der Waals surface area contributed by atoms with E-state index in [-0.39, 0.29) is 49.9 Å². The molecule has 10 nitrogen and oxygen atoms in total. The summed E-state index contributed by atoms with van der Waals surface area (Å²) in [5.41, 5.74) is 0.869. The third-order valence-electron chi connectivity index (χ3n) is 9.25. The zero-order chi connectivity index (χ0) is 31.6. The van der Waals surface area contributed by atoms with Gasteiger partial charge in [-0.3, -0.25) is 14.4 Å². The minimum Gasteiger partial charge on any atom is -0.432 e. The molecule has 2 fully saturated rings. The van der Waals surface area contributed by atoms with Crippen LogP contribution in [0.2, 0.25) is 18.6 Å². The van der Waals surface area contributed by atoms with E-state index in [9.17, 15) is 24.3 Å². The smallest absolute Gasteiger partial charge is 0.264 e. The van der Waals surface area contributed by atoms with Crippen molar-refractivity contribution in [1.82, 2.24) is 10.2 Å². The number of nitrogens with zero attached hydrogens (tertiary/aromatic N) is 2. The van der Waals surface area contributed by atoms with Crippen LogP contribution in [0.5, 0.6) is 0 Å². The molecule has 0 unspecified atom stereocenters. The monoisotopic (exact) mass is 620 g/mol. The van der Waals surface area contributed by atoms with Crippen molar-refractivity contribution in [3.05, 3.63) is 72.3 Å². The molecule has 5 rings (SSSR count). The summed E-state index contributed by atoms with van der Waals surface area (Å²) < 4.78 is 6.80. The first-order chi connectivity index (χ1) is 21.0. The molecule has 3 aliphatic heterocycles. The van der Waals surface area contributed by atoms with E-state index in [1.54, 1.807) is 28.0 Å². The number of ether oxygens (including phenoxy) is 1. The molecular formula is C33H44N4O6Si. The summed E-state index contributed by atoms with van der Waals surface area (Å²) >= 11 is 0. The molecule has 1 spiro atoms. The molecule has 3 aliphatic rings. The van der Waals surface area contributed by atoms with Gasteiger partial charge in [0, 0.05) is 42.3 Å². The standard InChI is InChI=1S/C33H44N4O6Si/c1-5-16-37-27-14-13-24(35-31(40)26-12-9-15-34-26)19-25(27)33(32(37)41)22(2)30(44(3,4)42)28(43-33)20-29(39)36(17-18-38)21-23-10-7-6-8-11-23/h5-8,10-11,13-14,19,22,26,28,30,34,38,42H,1,9,12,15-18,20-21H2,2-4H3,(H,35,40)/t22-,26-,28+,30-,33+/m1/s1. The first-order valence-electron chi connectivity index (χ1n) is 15.5. The van der Waals surface area contributed by atoms with Crippen LogP contribution in [0.15, 0.2) is 61.2 Å². The van der Waals surface area contributed by atoms with E-state index in [1.807, 2.05) is 56.4 Å². The van der Waals surface area contributed by atoms with Crippen molar-refractivity contribution in [1.29, 1.82) is 0 Å². The zero-order valence-corrected chi connectivity index (χ0v) is 26.8. The fourth-order valence-electron chi connectivity index (χ4n) is 7.32. The Hall–Kier alpha value is -3.35. The Balaban J connectivity index is 1.49. The van der Waals surface area contributed by atoms with Gasteiger partial charge in [0.15, 0.2) is 13.9 Å². The number of carbonyl (C=O) groups is 3. The lowest BCUT2D eigenvalue weighted by Crippen LogP contribution is -2.46. The summed E-state index contributed by atoms with van der Waals surface area (Å²) in [5.74, 6) is -1.08. The number of fused-ring (bicyclic) bond motifs is 2. The van der Waals surface area contributed by atoms with Gasteiger partial charge in [-0.15, -0.1) is 6.58 Å². The quantitative estimate of drug-likeness (QED) is 0.224. The van der Waals surface area contributed by atoms with Gasteiger partial charge in [-0.2, -0.15) is 0 Å². The lowest BCUT2D eigenvalue weighted by atomic mass is 9.82. The minimum absolute atomic E-state index is 0.0472. The highest BCUT2D eigenvalue weighted by atomic mass is 28.4. The Morgan fingerprint density at radius 1 is 1.25 bits per heavy atom. The maximum absolute atomic E-state index is 14.4. The number of hydrogen-bond acceptors (Lipinski definition) is 7. The molecule has 11 heteroatoms. The van der Waals surface area contributed by atoms with Gasteiger partial charge in [0.25, 0.3) is 5.91 Å². The largest absolute Gasteiger partial charge is 0.432 e. The van der Waals surface area contributed by atoms with E-state index in [1.165, 1.54) is 0 Å². The molecule has 0 saturated carbocycles. The highest BCUT2D eigenvalue weighted by Gasteiger charge is 2.66. The molecule has 0 radical (unpaired) electrons. The highest BCUT2D eigenvalue weighted by Crippen LogP contribution is 2.60. The van der Waals surface area contributed by atoms with Gasteiger partial charge in [0.1, 0.15) is 0 Å². The van der Waals surface area contributed by atoms with Crippen molar-refractivity contribution in [3.63, 3.8) is 0 Å². The fraction of sp³-hybridized carbons (Fsp3) is 0.485. The van der Waals surface area contributed by atoms with Gasteiger partial charge in [-0.05, 0) is 56.2 Å². The second-order valence-electron chi connectivity index (χ2n) is 12.7. The summed E-state index contributed by atoms with van der Waals surface area (Å²) in [7, 11) is -3.00. The van der Waals surface area contributed by atoms with Gasteiger partial charge in [0.05, 0.1) is 30.9 Å². The first kappa shape index (κ1) is 32.1. The van der Waals surface area contributed by atoms with E-state index in [2.05, 4.69) is 17.2 Å². The lowest BCUT2D eigenvalue weighted by Gasteiger charge is -2.32. The van der Waals surface area contributed by atoms with Crippen LogP contribution in [0, 0.1) is 5.92 Å². The predicted octanol–water partition coefficient (Wildman–Crippen LogP) is 3.12. The molecule has 2 aromatic rings. The minimum atomic E-state index is -3.00. The molecular weight excluding hydrogens is 576 g/mol. The molecule has 2 saturated heterocycles. The Morgan fingerprint density at radius 3 is 2.64 bits per heavy atom. The van der Waals surface area contributed by atoms with Crippen molar-refractivity contribution >= 4 is 37.4 Å². The summed E-state index contributed by atoms with van der Waals surface area (Å²) in [5, 5.41) is 16.0. The van der Waals surface area contributed by atoms with Gasteiger partial charge in [-0.1, -0.05) is 43.3 Å². The van der Waals surface area contributed by atoms with E-state index in [0.717, 1.165) is 24.9 Å². The summed E-state index contributed by atoms with van der Waals surface area (Å²) in [6.07, 6.45) is 2.57. The SMILES string of the molecule is C=CCN1C(=O)[C@@]2(O[C@@H](CC(=O)N(CCO)Cc3ccccc3)[C@H]([Si](C)(C)O)[C@H]2C)c2cc(NC(=O)[C@H]3CCCN3)ccc21. The van der Waals surface area contributed by atoms with E-state index < -0.39 is 31.5 Å². The molecule has 236 valence electrons. The van der Waals surface area contributed by atoms with Gasteiger partial charge >= 0.3 is 0 Å². The molecule has 5 atom stereocenters. The summed E-state index contributed by atoms with van der Waals surface area (Å²) in [6.45, 7) is 10.7. The molecule has 0 aliphatic carbocycles. The topological polar surface area (TPSA) is 131 Å². The average molecular weight is 621 g/mol. The van der Waals surface area contributed by atoms with Crippen LogP contribution >= 0.6 is 0 Å².